The Kier molecular flexibility index (Phi) is 5.12. The highest BCUT2D eigenvalue weighted by Gasteiger charge is 2.18. The van der Waals surface area contributed by atoms with Crippen LogP contribution in [0.15, 0.2) is 30.3 Å². The maximum atomic E-state index is 11.4. The van der Waals surface area contributed by atoms with Crippen LogP contribution in [0, 0.1) is 0 Å². The Balaban J connectivity index is 2.27. The van der Waals surface area contributed by atoms with Crippen LogP contribution in [0.3, 0.4) is 0 Å². The molecule has 94 valence electrons. The van der Waals surface area contributed by atoms with Crippen molar-refractivity contribution in [2.75, 3.05) is 0 Å². The molecule has 17 heavy (non-hydrogen) atoms. The van der Waals surface area contributed by atoms with Gasteiger partial charge in [-0.2, -0.15) is 4.89 Å². The summed E-state index contributed by atoms with van der Waals surface area (Å²) in [5.74, 6) is -0.483. The maximum Gasteiger partial charge on any atom is 0.349 e. The Morgan fingerprint density at radius 3 is 2.47 bits per heavy atom. The Labute approximate surface area is 101 Å². The van der Waals surface area contributed by atoms with Crippen molar-refractivity contribution in [3.05, 3.63) is 35.9 Å². The fraction of sp³-hybridized carbons (Fsp3) is 0.462. The predicted molar refractivity (Wildman–Crippen MR) is 62.8 cm³/mol. The van der Waals surface area contributed by atoms with Crippen molar-refractivity contribution in [1.82, 2.24) is 0 Å². The van der Waals surface area contributed by atoms with Crippen LogP contribution in [-0.4, -0.2) is 11.6 Å². The van der Waals surface area contributed by atoms with Crippen molar-refractivity contribution < 1.29 is 19.6 Å². The Morgan fingerprint density at radius 2 is 1.88 bits per heavy atom. The first-order chi connectivity index (χ1) is 8.03. The molecule has 1 aromatic carbocycles. The number of rotatable bonds is 6. The van der Waals surface area contributed by atoms with Gasteiger partial charge >= 0.3 is 5.97 Å². The van der Waals surface area contributed by atoms with E-state index in [4.69, 9.17) is 4.89 Å². The molecule has 0 aromatic heterocycles. The van der Waals surface area contributed by atoms with Crippen LogP contribution >= 0.6 is 0 Å². The molecule has 0 N–H and O–H groups in total. The van der Waals surface area contributed by atoms with E-state index in [0.717, 1.165) is 12.0 Å². The van der Waals surface area contributed by atoms with Crippen molar-refractivity contribution in [1.29, 1.82) is 0 Å². The van der Waals surface area contributed by atoms with Crippen LogP contribution in [0.1, 0.15) is 32.8 Å². The van der Waals surface area contributed by atoms with Crippen LogP contribution in [0.5, 0.6) is 0 Å². The molecule has 1 aromatic rings. The summed E-state index contributed by atoms with van der Waals surface area (Å²) >= 11 is 0. The van der Waals surface area contributed by atoms with E-state index in [1.165, 1.54) is 0 Å². The van der Waals surface area contributed by atoms with E-state index >= 15 is 0 Å². The Morgan fingerprint density at radius 1 is 1.24 bits per heavy atom. The molecule has 0 bridgehead atoms. The number of carbonyl (C=O) groups is 1. The minimum atomic E-state index is -0.483. The van der Waals surface area contributed by atoms with E-state index in [1.54, 1.807) is 0 Å². The molecule has 1 rings (SSSR count). The lowest BCUT2D eigenvalue weighted by molar-refractivity contribution is -0.516. The molecular weight excluding hydrogens is 220 g/mol. The summed E-state index contributed by atoms with van der Waals surface area (Å²) in [6.07, 6.45) is 0.917. The molecule has 0 saturated heterocycles. The lowest BCUT2D eigenvalue weighted by Gasteiger charge is -2.19. The van der Waals surface area contributed by atoms with E-state index in [1.807, 2.05) is 51.1 Å². The summed E-state index contributed by atoms with van der Waals surface area (Å²) in [6.45, 7) is 5.64. The first-order valence-corrected chi connectivity index (χ1v) is 5.62. The lowest BCUT2D eigenvalue weighted by Crippen LogP contribution is -2.24. The molecule has 0 spiro atoms. The van der Waals surface area contributed by atoms with Gasteiger partial charge in [-0.15, -0.1) is 0 Å². The van der Waals surface area contributed by atoms with Gasteiger partial charge < -0.3 is 0 Å². The third-order valence-electron chi connectivity index (χ3n) is 2.43. The van der Waals surface area contributed by atoms with Gasteiger partial charge in [0.1, 0.15) is 5.60 Å². The van der Waals surface area contributed by atoms with Crippen molar-refractivity contribution in [3.63, 3.8) is 0 Å². The van der Waals surface area contributed by atoms with Gasteiger partial charge in [0.25, 0.3) is 0 Å². The topological polar surface area (TPSA) is 44.8 Å². The van der Waals surface area contributed by atoms with Gasteiger partial charge in [-0.25, -0.2) is 4.79 Å². The van der Waals surface area contributed by atoms with E-state index in [-0.39, 0.29) is 6.42 Å². The van der Waals surface area contributed by atoms with E-state index in [0.29, 0.717) is 0 Å². The number of carbonyl (C=O) groups excluding carboxylic acids is 1. The van der Waals surface area contributed by atoms with Crippen molar-refractivity contribution >= 4 is 5.97 Å². The zero-order valence-corrected chi connectivity index (χ0v) is 10.4. The third kappa shape index (κ3) is 5.47. The monoisotopic (exact) mass is 238 g/mol. The molecule has 0 amide bonds. The molecule has 0 saturated carbocycles. The standard InChI is InChI=1S/C13H18O4/c1-4-13(2,3)16-17-15-12(14)10-11-8-6-5-7-9-11/h5-9H,4,10H2,1-3H3. The summed E-state index contributed by atoms with van der Waals surface area (Å²) in [4.78, 5) is 20.8. The van der Waals surface area contributed by atoms with Crippen LogP contribution in [0.4, 0.5) is 0 Å². The van der Waals surface area contributed by atoms with E-state index in [2.05, 4.69) is 9.93 Å². The summed E-state index contributed by atoms with van der Waals surface area (Å²) in [6, 6.07) is 9.30. The first-order valence-electron chi connectivity index (χ1n) is 5.62. The highest BCUT2D eigenvalue weighted by atomic mass is 17.5. The number of hydrogen-bond acceptors (Lipinski definition) is 4. The van der Waals surface area contributed by atoms with Crippen LogP contribution < -0.4 is 0 Å². The molecule has 0 aliphatic carbocycles. The highest BCUT2D eigenvalue weighted by molar-refractivity contribution is 5.71. The maximum absolute atomic E-state index is 11.4. The summed E-state index contributed by atoms with van der Waals surface area (Å²) in [5, 5.41) is 4.47. The number of benzene rings is 1. The predicted octanol–water partition coefficient (Wildman–Crippen LogP) is 2.82. The fourth-order valence-electron chi connectivity index (χ4n) is 0.998. The second kappa shape index (κ2) is 6.37. The van der Waals surface area contributed by atoms with Gasteiger partial charge in [0, 0.05) is 0 Å². The summed E-state index contributed by atoms with van der Waals surface area (Å²) in [5.41, 5.74) is 0.406. The minimum absolute atomic E-state index is 0.163. The highest BCUT2D eigenvalue weighted by Crippen LogP contribution is 2.14. The Hall–Kier alpha value is -1.39. The molecule has 0 atom stereocenters. The van der Waals surface area contributed by atoms with Crippen molar-refractivity contribution in [2.45, 2.75) is 39.2 Å². The second-order valence-corrected chi connectivity index (χ2v) is 4.38. The smallest absolute Gasteiger partial charge is 0.268 e. The SMILES string of the molecule is CCC(C)(C)OOOC(=O)Cc1ccccc1. The molecule has 0 unspecified atom stereocenters. The molecule has 0 fully saturated rings. The average molecular weight is 238 g/mol. The Bertz CT molecular complexity index is 346. The molecular formula is C13H18O4. The van der Waals surface area contributed by atoms with Gasteiger partial charge in [-0.1, -0.05) is 37.3 Å². The summed E-state index contributed by atoms with van der Waals surface area (Å²) in [7, 11) is 0. The van der Waals surface area contributed by atoms with Gasteiger partial charge in [-0.3, -0.25) is 4.89 Å². The van der Waals surface area contributed by atoms with Crippen molar-refractivity contribution in [2.24, 2.45) is 0 Å². The third-order valence-corrected chi connectivity index (χ3v) is 2.43. The van der Waals surface area contributed by atoms with Crippen LogP contribution in [0.2, 0.25) is 0 Å². The van der Waals surface area contributed by atoms with Gasteiger partial charge in [0.2, 0.25) is 0 Å². The fourth-order valence-corrected chi connectivity index (χ4v) is 0.998. The van der Waals surface area contributed by atoms with Gasteiger partial charge in [0.15, 0.2) is 0 Å². The number of hydrogen-bond donors (Lipinski definition) is 0. The zero-order chi connectivity index (χ0) is 12.7. The molecule has 0 aliphatic heterocycles. The van der Waals surface area contributed by atoms with Crippen LogP contribution in [0.25, 0.3) is 0 Å². The molecule has 0 aliphatic rings. The largest absolute Gasteiger partial charge is 0.349 e. The molecule has 4 nitrogen and oxygen atoms in total. The normalized spacial score (nSPS) is 11.2. The summed E-state index contributed by atoms with van der Waals surface area (Å²) < 4.78 is 0. The minimum Gasteiger partial charge on any atom is -0.268 e. The van der Waals surface area contributed by atoms with Gasteiger partial charge in [-0.05, 0) is 30.9 Å². The first kappa shape index (κ1) is 13.7. The lowest BCUT2D eigenvalue weighted by atomic mass is 10.1. The van der Waals surface area contributed by atoms with E-state index < -0.39 is 11.6 Å². The van der Waals surface area contributed by atoms with Crippen molar-refractivity contribution in [3.8, 4) is 0 Å². The zero-order valence-electron chi connectivity index (χ0n) is 10.4. The van der Waals surface area contributed by atoms with Gasteiger partial charge in [0.05, 0.1) is 6.42 Å². The average Bonchev–Trinajstić information content (AvgIpc) is 2.30. The molecule has 0 radical (unpaired) electrons. The second-order valence-electron chi connectivity index (χ2n) is 4.38. The molecule has 4 heteroatoms. The quantitative estimate of drug-likeness (QED) is 0.564. The van der Waals surface area contributed by atoms with Crippen LogP contribution in [-0.2, 0) is 26.0 Å². The van der Waals surface area contributed by atoms with E-state index in [9.17, 15) is 4.79 Å². The molecule has 0 heterocycles.